The van der Waals surface area contributed by atoms with Crippen molar-refractivity contribution >= 4 is 10.0 Å². The Kier molecular flexibility index (Phi) is 6.56. The Morgan fingerprint density at radius 3 is 2.31 bits per heavy atom. The third-order valence-corrected chi connectivity index (χ3v) is 5.88. The average molecular weight is 412 g/mol. The number of rotatable bonds is 8. The lowest BCUT2D eigenvalue weighted by Crippen LogP contribution is -2.23. The first-order valence-electron chi connectivity index (χ1n) is 9.38. The highest BCUT2D eigenvalue weighted by atomic mass is 32.2. The molecule has 0 bridgehead atoms. The Labute approximate surface area is 172 Å². The van der Waals surface area contributed by atoms with E-state index in [1.807, 2.05) is 68.4 Å². The van der Waals surface area contributed by atoms with Crippen molar-refractivity contribution in [1.82, 2.24) is 4.72 Å². The molecule has 0 heterocycles. The molecule has 0 saturated carbocycles. The zero-order valence-electron chi connectivity index (χ0n) is 16.8. The van der Waals surface area contributed by atoms with Crippen LogP contribution in [0.25, 0.3) is 0 Å². The summed E-state index contributed by atoms with van der Waals surface area (Å²) in [6, 6.07) is 21.7. The SMILES string of the molecule is COc1ccc(S(=O)(=O)NCc2cccc(Oc3ccccc3)c2)cc1C(C)C. The van der Waals surface area contributed by atoms with Crippen LogP contribution in [0, 0.1) is 0 Å². The molecule has 0 aromatic heterocycles. The van der Waals surface area contributed by atoms with E-state index in [0.717, 1.165) is 16.9 Å². The number of nitrogens with one attached hydrogen (secondary N) is 1. The van der Waals surface area contributed by atoms with Crippen molar-refractivity contribution in [3.63, 3.8) is 0 Å². The lowest BCUT2D eigenvalue weighted by Gasteiger charge is -2.14. The van der Waals surface area contributed by atoms with Gasteiger partial charge in [-0.1, -0.05) is 44.2 Å². The van der Waals surface area contributed by atoms with Gasteiger partial charge in [-0.05, 0) is 59.5 Å². The molecular weight excluding hydrogens is 386 g/mol. The maximum atomic E-state index is 12.8. The van der Waals surface area contributed by atoms with Crippen LogP contribution in [-0.2, 0) is 16.6 Å². The van der Waals surface area contributed by atoms with Crippen LogP contribution in [0.2, 0.25) is 0 Å². The summed E-state index contributed by atoms with van der Waals surface area (Å²) < 4.78 is 39.4. The number of para-hydroxylation sites is 1. The molecule has 0 unspecified atom stereocenters. The predicted molar refractivity (Wildman–Crippen MR) is 114 cm³/mol. The lowest BCUT2D eigenvalue weighted by molar-refractivity contribution is 0.407. The molecule has 29 heavy (non-hydrogen) atoms. The minimum atomic E-state index is -3.66. The summed E-state index contributed by atoms with van der Waals surface area (Å²) in [4.78, 5) is 0.221. The molecule has 0 amide bonds. The largest absolute Gasteiger partial charge is 0.496 e. The van der Waals surface area contributed by atoms with Crippen LogP contribution in [0.1, 0.15) is 30.9 Å². The zero-order chi connectivity index (χ0) is 20.9. The minimum Gasteiger partial charge on any atom is -0.496 e. The van der Waals surface area contributed by atoms with E-state index in [2.05, 4.69) is 4.72 Å². The van der Waals surface area contributed by atoms with Crippen molar-refractivity contribution in [2.75, 3.05) is 7.11 Å². The van der Waals surface area contributed by atoms with Gasteiger partial charge in [-0.15, -0.1) is 0 Å². The number of ether oxygens (including phenoxy) is 2. The molecule has 0 fully saturated rings. The van der Waals surface area contributed by atoms with Gasteiger partial charge in [-0.2, -0.15) is 0 Å². The van der Waals surface area contributed by atoms with E-state index in [-0.39, 0.29) is 17.4 Å². The van der Waals surface area contributed by atoms with E-state index in [0.29, 0.717) is 11.5 Å². The number of benzene rings is 3. The van der Waals surface area contributed by atoms with Crippen molar-refractivity contribution in [3.05, 3.63) is 83.9 Å². The summed E-state index contributed by atoms with van der Waals surface area (Å²) >= 11 is 0. The Bertz CT molecular complexity index is 1060. The Morgan fingerprint density at radius 1 is 0.897 bits per heavy atom. The van der Waals surface area contributed by atoms with E-state index >= 15 is 0 Å². The highest BCUT2D eigenvalue weighted by Crippen LogP contribution is 2.29. The number of sulfonamides is 1. The minimum absolute atomic E-state index is 0.145. The van der Waals surface area contributed by atoms with Crippen LogP contribution in [-0.4, -0.2) is 15.5 Å². The third kappa shape index (κ3) is 5.37. The molecule has 0 aliphatic rings. The smallest absolute Gasteiger partial charge is 0.240 e. The summed E-state index contributed by atoms with van der Waals surface area (Å²) in [5.74, 6) is 2.21. The standard InChI is InChI=1S/C23H25NO4S/c1-17(2)22-15-21(12-13-23(22)27-3)29(25,26)24-16-18-8-7-11-20(14-18)28-19-9-5-4-6-10-19/h4-15,17,24H,16H2,1-3H3. The molecule has 3 rings (SSSR count). The van der Waals surface area contributed by atoms with Crippen molar-refractivity contribution < 1.29 is 17.9 Å². The molecule has 0 atom stereocenters. The highest BCUT2D eigenvalue weighted by Gasteiger charge is 2.17. The molecule has 0 aliphatic carbocycles. The summed E-state index contributed by atoms with van der Waals surface area (Å²) in [6.45, 7) is 4.16. The summed E-state index contributed by atoms with van der Waals surface area (Å²) in [5.41, 5.74) is 1.66. The fourth-order valence-electron chi connectivity index (χ4n) is 2.94. The second-order valence-corrected chi connectivity index (χ2v) is 8.71. The van der Waals surface area contributed by atoms with Crippen molar-refractivity contribution in [2.45, 2.75) is 31.2 Å². The summed E-state index contributed by atoms with van der Waals surface area (Å²) in [7, 11) is -2.08. The molecule has 152 valence electrons. The number of hydrogen-bond donors (Lipinski definition) is 1. The topological polar surface area (TPSA) is 64.6 Å². The molecular formula is C23H25NO4S. The molecule has 3 aromatic carbocycles. The first-order chi connectivity index (χ1) is 13.9. The van der Waals surface area contributed by atoms with Crippen LogP contribution < -0.4 is 14.2 Å². The maximum Gasteiger partial charge on any atom is 0.240 e. The number of methoxy groups -OCH3 is 1. The molecule has 0 saturated heterocycles. The van der Waals surface area contributed by atoms with E-state index in [1.54, 1.807) is 25.3 Å². The van der Waals surface area contributed by atoms with Gasteiger partial charge in [0.25, 0.3) is 0 Å². The highest BCUT2D eigenvalue weighted by molar-refractivity contribution is 7.89. The maximum absolute atomic E-state index is 12.8. The van der Waals surface area contributed by atoms with Gasteiger partial charge in [0, 0.05) is 6.54 Å². The molecule has 3 aromatic rings. The first-order valence-corrected chi connectivity index (χ1v) is 10.9. The van der Waals surface area contributed by atoms with Crippen molar-refractivity contribution in [1.29, 1.82) is 0 Å². The fraction of sp³-hybridized carbons (Fsp3) is 0.217. The Balaban J connectivity index is 1.74. The molecule has 6 heteroatoms. The molecule has 0 radical (unpaired) electrons. The molecule has 5 nitrogen and oxygen atoms in total. The van der Waals surface area contributed by atoms with Gasteiger partial charge in [0.2, 0.25) is 10.0 Å². The monoisotopic (exact) mass is 411 g/mol. The average Bonchev–Trinajstić information content (AvgIpc) is 2.73. The van der Waals surface area contributed by atoms with Gasteiger partial charge in [-0.25, -0.2) is 13.1 Å². The second kappa shape index (κ2) is 9.11. The van der Waals surface area contributed by atoms with Gasteiger partial charge >= 0.3 is 0 Å². The van der Waals surface area contributed by atoms with Crippen LogP contribution in [0.3, 0.4) is 0 Å². The van der Waals surface area contributed by atoms with E-state index in [4.69, 9.17) is 9.47 Å². The van der Waals surface area contributed by atoms with Gasteiger partial charge in [0.15, 0.2) is 0 Å². The first kappa shape index (κ1) is 20.9. The van der Waals surface area contributed by atoms with Crippen LogP contribution in [0.5, 0.6) is 17.2 Å². The van der Waals surface area contributed by atoms with Gasteiger partial charge in [-0.3, -0.25) is 0 Å². The van der Waals surface area contributed by atoms with Gasteiger partial charge in [0.1, 0.15) is 17.2 Å². The van der Waals surface area contributed by atoms with E-state index in [1.165, 1.54) is 0 Å². The van der Waals surface area contributed by atoms with Crippen molar-refractivity contribution in [2.24, 2.45) is 0 Å². The van der Waals surface area contributed by atoms with E-state index in [9.17, 15) is 8.42 Å². The normalized spacial score (nSPS) is 11.4. The van der Waals surface area contributed by atoms with Gasteiger partial charge < -0.3 is 9.47 Å². The molecule has 0 aliphatic heterocycles. The third-order valence-electron chi connectivity index (χ3n) is 4.48. The number of hydrogen-bond acceptors (Lipinski definition) is 4. The Hall–Kier alpha value is -2.83. The Morgan fingerprint density at radius 2 is 1.62 bits per heavy atom. The van der Waals surface area contributed by atoms with E-state index < -0.39 is 10.0 Å². The van der Waals surface area contributed by atoms with Crippen LogP contribution >= 0.6 is 0 Å². The molecule has 1 N–H and O–H groups in total. The zero-order valence-corrected chi connectivity index (χ0v) is 17.6. The van der Waals surface area contributed by atoms with Crippen molar-refractivity contribution in [3.8, 4) is 17.2 Å². The predicted octanol–water partition coefficient (Wildman–Crippen LogP) is 5.09. The van der Waals surface area contributed by atoms with Gasteiger partial charge in [0.05, 0.1) is 12.0 Å². The quantitative estimate of drug-likeness (QED) is 0.561. The van der Waals surface area contributed by atoms with Crippen LogP contribution in [0.4, 0.5) is 0 Å². The summed E-state index contributed by atoms with van der Waals surface area (Å²) in [5, 5.41) is 0. The summed E-state index contributed by atoms with van der Waals surface area (Å²) in [6.07, 6.45) is 0. The second-order valence-electron chi connectivity index (χ2n) is 6.95. The van der Waals surface area contributed by atoms with Crippen LogP contribution in [0.15, 0.2) is 77.7 Å². The lowest BCUT2D eigenvalue weighted by atomic mass is 10.0. The molecule has 0 spiro atoms. The fourth-order valence-corrected chi connectivity index (χ4v) is 3.99.